The lowest BCUT2D eigenvalue weighted by Crippen LogP contribution is -2.50. The highest BCUT2D eigenvalue weighted by atomic mass is 19.1. The van der Waals surface area contributed by atoms with Crippen molar-refractivity contribution in [2.75, 3.05) is 37.6 Å². The molecular formula is C23H22F3N3O2. The third kappa shape index (κ3) is 4.59. The van der Waals surface area contributed by atoms with Gasteiger partial charge in [0.05, 0.1) is 18.0 Å². The molecule has 1 aliphatic rings. The van der Waals surface area contributed by atoms with Crippen molar-refractivity contribution in [2.24, 2.45) is 0 Å². The number of amides is 1. The summed E-state index contributed by atoms with van der Waals surface area (Å²) < 4.78 is 47.5. The molecule has 31 heavy (non-hydrogen) atoms. The SMILES string of the molecule is O=C(NC[C@H](c1ccco1)N1CCN(c2ccccc2F)CC1)c1c(F)cccc1F. The quantitative estimate of drug-likeness (QED) is 0.644. The zero-order valence-corrected chi connectivity index (χ0v) is 16.7. The highest BCUT2D eigenvalue weighted by molar-refractivity contribution is 5.94. The topological polar surface area (TPSA) is 48.7 Å². The minimum atomic E-state index is -0.912. The third-order valence-electron chi connectivity index (χ3n) is 5.47. The van der Waals surface area contributed by atoms with Gasteiger partial charge in [0.15, 0.2) is 0 Å². The second-order valence-corrected chi connectivity index (χ2v) is 7.31. The van der Waals surface area contributed by atoms with Gasteiger partial charge >= 0.3 is 0 Å². The summed E-state index contributed by atoms with van der Waals surface area (Å²) in [5.41, 5.74) is -0.0508. The van der Waals surface area contributed by atoms with Crippen LogP contribution in [0.3, 0.4) is 0 Å². The smallest absolute Gasteiger partial charge is 0.257 e. The van der Waals surface area contributed by atoms with Crippen LogP contribution in [0, 0.1) is 17.5 Å². The molecule has 162 valence electrons. The van der Waals surface area contributed by atoms with Crippen molar-refractivity contribution >= 4 is 11.6 Å². The molecule has 1 fully saturated rings. The van der Waals surface area contributed by atoms with Crippen molar-refractivity contribution in [2.45, 2.75) is 6.04 Å². The molecule has 2 heterocycles. The minimum absolute atomic E-state index is 0.111. The maximum atomic E-state index is 14.1. The van der Waals surface area contributed by atoms with Crippen molar-refractivity contribution in [1.82, 2.24) is 10.2 Å². The van der Waals surface area contributed by atoms with Crippen LogP contribution in [-0.2, 0) is 0 Å². The number of hydrogen-bond donors (Lipinski definition) is 1. The fraction of sp³-hybridized carbons (Fsp3) is 0.261. The lowest BCUT2D eigenvalue weighted by Gasteiger charge is -2.39. The number of anilines is 1. The highest BCUT2D eigenvalue weighted by Gasteiger charge is 2.29. The van der Waals surface area contributed by atoms with E-state index in [0.29, 0.717) is 37.6 Å². The average molecular weight is 429 g/mol. The second kappa shape index (κ2) is 9.26. The maximum Gasteiger partial charge on any atom is 0.257 e. The van der Waals surface area contributed by atoms with E-state index in [-0.39, 0.29) is 18.4 Å². The number of rotatable bonds is 6. The van der Waals surface area contributed by atoms with Gasteiger partial charge in [-0.1, -0.05) is 18.2 Å². The number of furan rings is 1. The van der Waals surface area contributed by atoms with E-state index in [1.165, 1.54) is 18.4 Å². The molecule has 0 bridgehead atoms. The summed E-state index contributed by atoms with van der Waals surface area (Å²) >= 11 is 0. The van der Waals surface area contributed by atoms with E-state index in [1.807, 2.05) is 4.90 Å². The van der Waals surface area contributed by atoms with Crippen LogP contribution in [0.25, 0.3) is 0 Å². The third-order valence-corrected chi connectivity index (χ3v) is 5.47. The Morgan fingerprint density at radius 3 is 2.23 bits per heavy atom. The minimum Gasteiger partial charge on any atom is -0.468 e. The zero-order chi connectivity index (χ0) is 21.8. The molecule has 0 spiro atoms. The van der Waals surface area contributed by atoms with Crippen molar-refractivity contribution in [3.8, 4) is 0 Å². The number of halogens is 3. The van der Waals surface area contributed by atoms with Gasteiger partial charge in [0.1, 0.15) is 28.8 Å². The predicted octanol–water partition coefficient (Wildman–Crippen LogP) is 3.99. The van der Waals surface area contributed by atoms with Crippen molar-refractivity contribution in [1.29, 1.82) is 0 Å². The lowest BCUT2D eigenvalue weighted by molar-refractivity contribution is 0.0914. The molecule has 8 heteroatoms. The van der Waals surface area contributed by atoms with Crippen molar-refractivity contribution in [3.05, 3.63) is 89.6 Å². The first-order valence-electron chi connectivity index (χ1n) is 10.0. The highest BCUT2D eigenvalue weighted by Crippen LogP contribution is 2.26. The van der Waals surface area contributed by atoms with Crippen molar-refractivity contribution < 1.29 is 22.4 Å². The fourth-order valence-electron chi connectivity index (χ4n) is 3.87. The largest absolute Gasteiger partial charge is 0.468 e. The summed E-state index contributed by atoms with van der Waals surface area (Å²) in [6.07, 6.45) is 1.54. The summed E-state index contributed by atoms with van der Waals surface area (Å²) in [5, 5.41) is 2.62. The van der Waals surface area contributed by atoms with Crippen LogP contribution in [0.1, 0.15) is 22.2 Å². The van der Waals surface area contributed by atoms with Crippen LogP contribution in [0.15, 0.2) is 65.3 Å². The van der Waals surface area contributed by atoms with Gasteiger partial charge in [-0.3, -0.25) is 9.69 Å². The zero-order valence-electron chi connectivity index (χ0n) is 16.7. The molecule has 1 aromatic heterocycles. The van der Waals surface area contributed by atoms with Gasteiger partial charge in [0.25, 0.3) is 5.91 Å². The number of para-hydroxylation sites is 1. The average Bonchev–Trinajstić information content (AvgIpc) is 3.29. The van der Waals surface area contributed by atoms with Gasteiger partial charge in [-0.15, -0.1) is 0 Å². The Labute approximate surface area is 178 Å². The van der Waals surface area contributed by atoms with Crippen LogP contribution < -0.4 is 10.2 Å². The molecule has 1 N–H and O–H groups in total. The van der Waals surface area contributed by atoms with E-state index in [4.69, 9.17) is 4.42 Å². The van der Waals surface area contributed by atoms with E-state index >= 15 is 0 Å². The molecule has 3 aromatic rings. The summed E-state index contributed by atoms with van der Waals surface area (Å²) in [6.45, 7) is 2.50. The molecule has 0 radical (unpaired) electrons. The van der Waals surface area contributed by atoms with E-state index in [0.717, 1.165) is 12.1 Å². The first kappa shape index (κ1) is 21.0. The van der Waals surface area contributed by atoms with Gasteiger partial charge in [-0.25, -0.2) is 13.2 Å². The summed E-state index contributed by atoms with van der Waals surface area (Å²) in [5.74, 6) is -2.28. The number of hydrogen-bond acceptors (Lipinski definition) is 4. The molecule has 2 aromatic carbocycles. The Morgan fingerprint density at radius 1 is 0.903 bits per heavy atom. The maximum absolute atomic E-state index is 14.1. The molecule has 0 aliphatic carbocycles. The monoisotopic (exact) mass is 429 g/mol. The molecule has 1 atom stereocenters. The summed E-state index contributed by atoms with van der Waals surface area (Å²) in [4.78, 5) is 16.5. The van der Waals surface area contributed by atoms with Gasteiger partial charge < -0.3 is 14.6 Å². The number of nitrogens with zero attached hydrogens (tertiary/aromatic N) is 2. The molecule has 1 saturated heterocycles. The Balaban J connectivity index is 1.45. The first-order chi connectivity index (χ1) is 15.0. The van der Waals surface area contributed by atoms with Crippen molar-refractivity contribution in [3.63, 3.8) is 0 Å². The second-order valence-electron chi connectivity index (χ2n) is 7.31. The summed E-state index contributed by atoms with van der Waals surface area (Å²) in [7, 11) is 0. The van der Waals surface area contributed by atoms with Gasteiger partial charge in [0.2, 0.25) is 0 Å². The van der Waals surface area contributed by atoms with Gasteiger partial charge in [0, 0.05) is 32.7 Å². The van der Waals surface area contributed by atoms with Crippen LogP contribution in [0.4, 0.5) is 18.9 Å². The molecule has 5 nitrogen and oxygen atoms in total. The van der Waals surface area contributed by atoms with Gasteiger partial charge in [-0.05, 0) is 36.4 Å². The number of piperazine rings is 1. The fourth-order valence-corrected chi connectivity index (χ4v) is 3.87. The predicted molar refractivity (Wildman–Crippen MR) is 110 cm³/mol. The Hall–Kier alpha value is -3.26. The molecule has 1 aliphatic heterocycles. The van der Waals surface area contributed by atoms with Crippen LogP contribution in [-0.4, -0.2) is 43.5 Å². The van der Waals surface area contributed by atoms with E-state index in [1.54, 1.807) is 30.3 Å². The van der Waals surface area contributed by atoms with Crippen LogP contribution in [0.2, 0.25) is 0 Å². The normalized spacial score (nSPS) is 15.6. The summed E-state index contributed by atoms with van der Waals surface area (Å²) in [6, 6.07) is 13.2. The molecule has 0 unspecified atom stereocenters. The Bertz CT molecular complexity index is 1010. The lowest BCUT2D eigenvalue weighted by atomic mass is 10.1. The standard InChI is InChI=1S/C23H22F3N3O2/c24-16-5-1-2-8-19(16)28-10-12-29(13-11-28)20(21-9-4-14-31-21)15-27-23(30)22-17(25)6-3-7-18(22)26/h1-9,14,20H,10-13,15H2,(H,27,30)/t20-/m1/s1. The number of carbonyl (C=O) groups excluding carboxylic acids is 1. The molecule has 4 rings (SSSR count). The van der Waals surface area contributed by atoms with Gasteiger partial charge in [-0.2, -0.15) is 0 Å². The first-order valence-corrected chi connectivity index (χ1v) is 10.0. The van der Waals surface area contributed by atoms with E-state index in [9.17, 15) is 18.0 Å². The number of nitrogens with one attached hydrogen (secondary N) is 1. The van der Waals surface area contributed by atoms with Crippen LogP contribution in [0.5, 0.6) is 0 Å². The Kier molecular flexibility index (Phi) is 6.27. The van der Waals surface area contributed by atoms with Crippen LogP contribution >= 0.6 is 0 Å². The van der Waals surface area contributed by atoms with E-state index < -0.39 is 23.1 Å². The number of carbonyl (C=O) groups is 1. The molecule has 0 saturated carbocycles. The molecule has 1 amide bonds. The molecular weight excluding hydrogens is 407 g/mol. The Morgan fingerprint density at radius 2 is 1.58 bits per heavy atom. The number of benzene rings is 2. The van der Waals surface area contributed by atoms with E-state index in [2.05, 4.69) is 10.2 Å².